The molecule has 1 N–H and O–H groups in total. The van der Waals surface area contributed by atoms with Crippen molar-refractivity contribution in [3.63, 3.8) is 0 Å². The second-order valence-electron chi connectivity index (χ2n) is 1.56. The van der Waals surface area contributed by atoms with Gasteiger partial charge in [-0.25, -0.2) is 0 Å². The second-order valence-corrected chi connectivity index (χ2v) is 4.57. The summed E-state index contributed by atoms with van der Waals surface area (Å²) in [6.07, 6.45) is 0. The van der Waals surface area contributed by atoms with Crippen LogP contribution in [0.15, 0.2) is 0 Å². The third-order valence-corrected chi connectivity index (χ3v) is 0. The van der Waals surface area contributed by atoms with E-state index in [2.05, 4.69) is 0 Å². The van der Waals surface area contributed by atoms with Crippen molar-refractivity contribution in [2.24, 2.45) is 0 Å². The summed E-state index contributed by atoms with van der Waals surface area (Å²) in [5, 5.41) is 8.56. The molecule has 0 aromatic carbocycles. The molecule has 29 valence electrons. The molecule has 0 aliphatic heterocycles. The van der Waals surface area contributed by atoms with Gasteiger partial charge in [-0.2, -0.15) is 0 Å². The Bertz CT molecular complexity index is 22.4. The van der Waals surface area contributed by atoms with Gasteiger partial charge in [-0.3, -0.25) is 0 Å². The standard InChI is InChI=1S/C3H7O.Zr/c1-3(2)4;/h4H,1-2H3;. The molecule has 0 aliphatic carbocycles. The zero-order chi connectivity index (χ0) is 4.50. The van der Waals surface area contributed by atoms with Crippen LogP contribution in [0.3, 0.4) is 0 Å². The maximum atomic E-state index is 8.56. The average molecular weight is 150 g/mol. The van der Waals surface area contributed by atoms with E-state index in [-0.39, 0.29) is 0 Å². The summed E-state index contributed by atoms with van der Waals surface area (Å²) in [5.74, 6) is 0. The van der Waals surface area contributed by atoms with Gasteiger partial charge in [0, 0.05) is 0 Å². The summed E-state index contributed by atoms with van der Waals surface area (Å²) >= 11 is 1.17. The fourth-order valence-corrected chi connectivity index (χ4v) is 0. The Balaban J connectivity index is 3.02. The summed E-state index contributed by atoms with van der Waals surface area (Å²) in [5.41, 5.74) is 0. The van der Waals surface area contributed by atoms with Crippen LogP contribution >= 0.6 is 0 Å². The van der Waals surface area contributed by atoms with Crippen molar-refractivity contribution in [1.82, 2.24) is 0 Å². The summed E-state index contributed by atoms with van der Waals surface area (Å²) in [7, 11) is 0. The van der Waals surface area contributed by atoms with E-state index in [9.17, 15) is 0 Å². The van der Waals surface area contributed by atoms with Crippen LogP contribution in [0, 0.1) is 0 Å². The van der Waals surface area contributed by atoms with Crippen LogP contribution in [0.4, 0.5) is 0 Å². The molecule has 1 nitrogen and oxygen atoms in total. The van der Waals surface area contributed by atoms with Crippen LogP contribution in [-0.4, -0.2) is 8.42 Å². The average Bonchev–Trinajstić information content (AvgIpc) is 0.722. The summed E-state index contributed by atoms with van der Waals surface area (Å²) in [6, 6.07) is 0. The van der Waals surface area contributed by atoms with E-state index in [1.54, 1.807) is 13.8 Å². The van der Waals surface area contributed by atoms with Gasteiger partial charge >= 0.3 is 47.0 Å². The van der Waals surface area contributed by atoms with Crippen LogP contribution in [0.1, 0.15) is 13.8 Å². The molecular weight excluding hydrogens is 143 g/mol. The van der Waals surface area contributed by atoms with E-state index < -0.39 is 3.31 Å². The van der Waals surface area contributed by atoms with Gasteiger partial charge in [0.25, 0.3) is 0 Å². The third kappa shape index (κ3) is 55.1. The molecule has 0 spiro atoms. The molecule has 0 saturated carbocycles. The second kappa shape index (κ2) is 1.53. The normalized spacial score (nSPS) is 11.6. The van der Waals surface area contributed by atoms with Crippen molar-refractivity contribution in [1.29, 1.82) is 0 Å². The summed E-state index contributed by atoms with van der Waals surface area (Å²) < 4.78 is -0.410. The molecule has 0 heterocycles. The predicted molar refractivity (Wildman–Crippen MR) is 16.3 cm³/mol. The van der Waals surface area contributed by atoms with Gasteiger partial charge in [0.15, 0.2) is 0 Å². The van der Waals surface area contributed by atoms with Crippen molar-refractivity contribution in [2.45, 2.75) is 17.2 Å². The Kier molecular flexibility index (Phi) is 1.79. The van der Waals surface area contributed by atoms with Gasteiger partial charge in [-0.15, -0.1) is 0 Å². The maximum absolute atomic E-state index is 8.56. The molecule has 0 atom stereocenters. The molecule has 0 radical (unpaired) electrons. The topological polar surface area (TPSA) is 20.2 Å². The minimum absolute atomic E-state index is 0.410. The summed E-state index contributed by atoms with van der Waals surface area (Å²) in [6.45, 7) is 3.57. The first-order valence-corrected chi connectivity index (χ1v) is 2.70. The van der Waals surface area contributed by atoms with Gasteiger partial charge in [0.05, 0.1) is 0 Å². The Morgan fingerprint density at radius 3 is 1.60 bits per heavy atom. The zero-order valence-corrected chi connectivity index (χ0v) is 5.91. The van der Waals surface area contributed by atoms with Crippen molar-refractivity contribution in [2.75, 3.05) is 0 Å². The number of hydrogen-bond acceptors (Lipinski definition) is 1. The molecule has 2 heteroatoms. The molecule has 0 saturated heterocycles. The third-order valence-electron chi connectivity index (χ3n) is 0. The Morgan fingerprint density at radius 1 is 1.60 bits per heavy atom. The molecule has 0 bridgehead atoms. The molecule has 0 unspecified atom stereocenters. The monoisotopic (exact) mass is 149 g/mol. The van der Waals surface area contributed by atoms with Crippen molar-refractivity contribution >= 4 is 0 Å². The Hall–Kier alpha value is 0.843. The van der Waals surface area contributed by atoms with Crippen LogP contribution in [0.5, 0.6) is 0 Å². The van der Waals surface area contributed by atoms with E-state index >= 15 is 0 Å². The van der Waals surface area contributed by atoms with Gasteiger partial charge in [-0.05, 0) is 0 Å². The van der Waals surface area contributed by atoms with Gasteiger partial charge in [0.2, 0.25) is 0 Å². The molecule has 0 rings (SSSR count). The van der Waals surface area contributed by atoms with Crippen LogP contribution in [-0.2, 0) is 24.7 Å². The number of rotatable bonds is 0. The molecule has 0 aromatic rings. The molecule has 5 heavy (non-hydrogen) atoms. The quantitative estimate of drug-likeness (QED) is 0.525. The fourth-order valence-electron chi connectivity index (χ4n) is 0. The predicted octanol–water partition coefficient (Wildman–Crippen LogP) is 0.262. The van der Waals surface area contributed by atoms with E-state index in [1.807, 2.05) is 0 Å². The van der Waals surface area contributed by atoms with E-state index in [0.29, 0.717) is 0 Å². The van der Waals surface area contributed by atoms with Gasteiger partial charge < -0.3 is 0 Å². The first kappa shape index (κ1) is 5.84. The number of aliphatic hydroxyl groups is 1. The SMILES string of the molecule is C[C](C)(O)[Zr]. The zero-order valence-electron chi connectivity index (χ0n) is 3.45. The molecule has 0 fully saturated rings. The van der Waals surface area contributed by atoms with E-state index in [0.717, 1.165) is 0 Å². The fraction of sp³-hybridized carbons (Fsp3) is 1.00. The van der Waals surface area contributed by atoms with Crippen molar-refractivity contribution < 1.29 is 29.8 Å². The molecule has 0 aliphatic rings. The molecule has 0 aromatic heterocycles. The Labute approximate surface area is 47.2 Å². The summed E-state index contributed by atoms with van der Waals surface area (Å²) in [4.78, 5) is 0. The van der Waals surface area contributed by atoms with Crippen molar-refractivity contribution in [3.05, 3.63) is 0 Å². The van der Waals surface area contributed by atoms with Crippen molar-refractivity contribution in [3.8, 4) is 0 Å². The Morgan fingerprint density at radius 2 is 1.60 bits per heavy atom. The van der Waals surface area contributed by atoms with Gasteiger partial charge in [-0.1, -0.05) is 0 Å². The first-order chi connectivity index (χ1) is 2.00. The molecule has 0 amide bonds. The minimum atomic E-state index is -0.410. The van der Waals surface area contributed by atoms with E-state index in [4.69, 9.17) is 5.11 Å². The molecular formula is C3H7OZr. The van der Waals surface area contributed by atoms with Crippen LogP contribution in [0.25, 0.3) is 0 Å². The number of hydrogen-bond donors (Lipinski definition) is 1. The van der Waals surface area contributed by atoms with Gasteiger partial charge in [0.1, 0.15) is 0 Å². The first-order valence-electron chi connectivity index (χ1n) is 1.47. The van der Waals surface area contributed by atoms with Crippen LogP contribution in [0.2, 0.25) is 0 Å². The van der Waals surface area contributed by atoms with Crippen LogP contribution < -0.4 is 0 Å². The van der Waals surface area contributed by atoms with E-state index in [1.165, 1.54) is 24.7 Å².